The van der Waals surface area contributed by atoms with Gasteiger partial charge in [0.15, 0.2) is 0 Å². The van der Waals surface area contributed by atoms with Gasteiger partial charge in [-0.1, -0.05) is 12.1 Å². The van der Waals surface area contributed by atoms with Gasteiger partial charge in [0.2, 0.25) is 0 Å². The molecule has 6 atom stereocenters. The molecule has 0 aliphatic carbocycles. The second-order valence-corrected chi connectivity index (χ2v) is 5.30. The molecule has 2 aromatic rings. The van der Waals surface area contributed by atoms with Crippen molar-refractivity contribution in [2.75, 3.05) is 6.61 Å². The Morgan fingerprint density at radius 3 is 2.09 bits per heavy atom. The molecule has 0 saturated carbocycles. The zero-order chi connectivity index (χ0) is 17.1. The van der Waals surface area contributed by atoms with Gasteiger partial charge in [-0.05, 0) is 12.1 Å². The Kier molecular flexibility index (Phi) is 5.65. The molecule has 2 rings (SSSR count). The average molecular weight is 328 g/mol. The number of fused-ring (bicyclic) bond motifs is 1. The summed E-state index contributed by atoms with van der Waals surface area (Å²) >= 11 is 0. The lowest BCUT2D eigenvalue weighted by Crippen LogP contribution is -2.51. The second kappa shape index (κ2) is 7.32. The molecule has 0 saturated heterocycles. The van der Waals surface area contributed by atoms with E-state index in [0.29, 0.717) is 11.0 Å². The van der Waals surface area contributed by atoms with Crippen molar-refractivity contribution in [3.63, 3.8) is 0 Å². The first-order valence-electron chi connectivity index (χ1n) is 7.00. The molecule has 9 heteroatoms. The van der Waals surface area contributed by atoms with E-state index in [1.807, 2.05) is 0 Å². The van der Waals surface area contributed by atoms with E-state index in [9.17, 15) is 30.6 Å². The largest absolute Gasteiger partial charge is 0.394 e. The molecule has 9 nitrogen and oxygen atoms in total. The number of benzene rings is 1. The van der Waals surface area contributed by atoms with Crippen molar-refractivity contribution in [3.8, 4) is 0 Å². The van der Waals surface area contributed by atoms with Crippen LogP contribution in [0.4, 0.5) is 0 Å². The van der Waals surface area contributed by atoms with Gasteiger partial charge in [0, 0.05) is 0 Å². The number of hydrogen-bond donors (Lipinski definition) is 8. The van der Waals surface area contributed by atoms with Gasteiger partial charge in [-0.2, -0.15) is 0 Å². The lowest BCUT2D eigenvalue weighted by molar-refractivity contribution is -0.159. The molecule has 23 heavy (non-hydrogen) atoms. The molecule has 1 aromatic heterocycles. The topological polar surface area (TPSA) is 170 Å². The summed E-state index contributed by atoms with van der Waals surface area (Å²) < 4.78 is 0. The van der Waals surface area contributed by atoms with E-state index in [-0.39, 0.29) is 5.82 Å². The number of hydrogen-bond acceptors (Lipinski definition) is 8. The van der Waals surface area contributed by atoms with Crippen molar-refractivity contribution in [3.05, 3.63) is 30.1 Å². The molecule has 1 aromatic carbocycles. The Morgan fingerprint density at radius 1 is 0.870 bits per heavy atom. The number of nitrogens with one attached hydrogen (secondary N) is 1. The predicted octanol–water partition coefficient (Wildman–Crippen LogP) is -2.61. The highest BCUT2D eigenvalue weighted by Crippen LogP contribution is 2.22. The monoisotopic (exact) mass is 328 g/mol. The van der Waals surface area contributed by atoms with Crippen LogP contribution in [0.15, 0.2) is 24.3 Å². The van der Waals surface area contributed by atoms with E-state index in [0.717, 1.165) is 0 Å². The summed E-state index contributed by atoms with van der Waals surface area (Å²) in [5.74, 6) is -0.0258. The zero-order valence-corrected chi connectivity index (χ0v) is 12.1. The Morgan fingerprint density at radius 2 is 1.48 bits per heavy atom. The molecule has 0 radical (unpaired) electrons. The number of rotatable bonds is 7. The van der Waals surface area contributed by atoms with Crippen LogP contribution in [0.1, 0.15) is 11.9 Å². The minimum atomic E-state index is -1.98. The smallest absolute Gasteiger partial charge is 0.140 e. The van der Waals surface area contributed by atoms with Crippen LogP contribution in [0.3, 0.4) is 0 Å². The first-order chi connectivity index (χ1) is 10.9. The molecule has 0 aliphatic rings. The van der Waals surface area contributed by atoms with Gasteiger partial charge in [-0.15, -0.1) is 0 Å². The van der Waals surface area contributed by atoms with E-state index in [1.54, 1.807) is 24.3 Å². The van der Waals surface area contributed by atoms with Crippen LogP contribution in [0.25, 0.3) is 11.0 Å². The summed E-state index contributed by atoms with van der Waals surface area (Å²) in [4.78, 5) is 6.83. The van der Waals surface area contributed by atoms with Crippen molar-refractivity contribution in [1.82, 2.24) is 9.97 Å². The number of nitrogens with zero attached hydrogens (tertiary/aromatic N) is 1. The lowest BCUT2D eigenvalue weighted by Gasteiger charge is -2.29. The molecular weight excluding hydrogens is 308 g/mol. The number of aromatic amines is 1. The average Bonchev–Trinajstić information content (AvgIpc) is 3.01. The van der Waals surface area contributed by atoms with Crippen molar-refractivity contribution < 1.29 is 35.7 Å². The summed E-state index contributed by atoms with van der Waals surface area (Å²) in [6.45, 7) is -0.840. The maximum atomic E-state index is 10.1. The van der Waals surface area contributed by atoms with Crippen LogP contribution in [0, 0.1) is 0 Å². The van der Waals surface area contributed by atoms with E-state index in [2.05, 4.69) is 9.97 Å². The number of imidazole rings is 1. The fourth-order valence-electron chi connectivity index (χ4n) is 2.20. The Bertz CT molecular complexity index is 601. The second-order valence-electron chi connectivity index (χ2n) is 5.30. The number of aliphatic hydroxyl groups excluding tert-OH is 7. The third-order valence-electron chi connectivity index (χ3n) is 3.64. The van der Waals surface area contributed by atoms with Gasteiger partial charge in [0.05, 0.1) is 17.6 Å². The van der Waals surface area contributed by atoms with Crippen LogP contribution in [0.2, 0.25) is 0 Å². The van der Waals surface area contributed by atoms with Gasteiger partial charge in [-0.3, -0.25) is 0 Å². The Hall–Kier alpha value is -1.59. The van der Waals surface area contributed by atoms with E-state index in [1.165, 1.54) is 0 Å². The normalized spacial score (nSPS) is 20.0. The van der Waals surface area contributed by atoms with Crippen LogP contribution in [0.5, 0.6) is 0 Å². The van der Waals surface area contributed by atoms with E-state index in [4.69, 9.17) is 5.11 Å². The fourth-order valence-corrected chi connectivity index (χ4v) is 2.20. The minimum absolute atomic E-state index is 0.0258. The van der Waals surface area contributed by atoms with E-state index >= 15 is 0 Å². The van der Waals surface area contributed by atoms with Crippen molar-refractivity contribution in [2.45, 2.75) is 36.6 Å². The number of aromatic nitrogens is 2. The van der Waals surface area contributed by atoms with Crippen molar-refractivity contribution in [2.24, 2.45) is 0 Å². The van der Waals surface area contributed by atoms with Crippen LogP contribution in [-0.2, 0) is 0 Å². The summed E-state index contributed by atoms with van der Waals surface area (Å²) in [5, 5.41) is 67.1. The molecule has 0 bridgehead atoms. The highest BCUT2D eigenvalue weighted by molar-refractivity contribution is 5.74. The van der Waals surface area contributed by atoms with Crippen LogP contribution < -0.4 is 0 Å². The summed E-state index contributed by atoms with van der Waals surface area (Å²) in [7, 11) is 0. The highest BCUT2D eigenvalue weighted by Gasteiger charge is 2.38. The zero-order valence-electron chi connectivity index (χ0n) is 12.1. The quantitative estimate of drug-likeness (QED) is 0.273. The fraction of sp³-hybridized carbons (Fsp3) is 0.500. The third kappa shape index (κ3) is 3.67. The maximum Gasteiger partial charge on any atom is 0.140 e. The Labute approximate surface area is 131 Å². The van der Waals surface area contributed by atoms with Gasteiger partial charge in [0.1, 0.15) is 42.4 Å². The lowest BCUT2D eigenvalue weighted by atomic mass is 9.96. The SMILES string of the molecule is OC[C@@H](O)[C@@H](O)[C@@H](O)[C@@H](O)[C@H](O)[C@H](O)c1nc2ccccc2[nH]1. The Balaban J connectivity index is 2.13. The number of para-hydroxylation sites is 2. The molecule has 0 aliphatic heterocycles. The molecule has 0 fully saturated rings. The third-order valence-corrected chi connectivity index (χ3v) is 3.64. The maximum absolute atomic E-state index is 10.1. The molecule has 8 N–H and O–H groups in total. The summed E-state index contributed by atoms with van der Waals surface area (Å²) in [5.41, 5.74) is 1.15. The summed E-state index contributed by atoms with van der Waals surface area (Å²) in [6, 6.07) is 6.87. The molecule has 0 amide bonds. The van der Waals surface area contributed by atoms with Crippen LogP contribution in [-0.4, -0.2) is 82.8 Å². The molecular formula is C14H20N2O7. The van der Waals surface area contributed by atoms with Crippen LogP contribution >= 0.6 is 0 Å². The van der Waals surface area contributed by atoms with E-state index < -0.39 is 43.2 Å². The number of aliphatic hydroxyl groups is 7. The molecule has 128 valence electrons. The molecule has 0 unspecified atom stereocenters. The highest BCUT2D eigenvalue weighted by atomic mass is 16.4. The van der Waals surface area contributed by atoms with Gasteiger partial charge in [-0.25, -0.2) is 4.98 Å². The minimum Gasteiger partial charge on any atom is -0.394 e. The van der Waals surface area contributed by atoms with Gasteiger partial charge in [0.25, 0.3) is 0 Å². The van der Waals surface area contributed by atoms with Gasteiger partial charge < -0.3 is 40.7 Å². The summed E-state index contributed by atoms with van der Waals surface area (Å²) in [6.07, 6.45) is -11.1. The van der Waals surface area contributed by atoms with Crippen molar-refractivity contribution >= 4 is 11.0 Å². The molecule has 1 heterocycles. The predicted molar refractivity (Wildman–Crippen MR) is 78.2 cm³/mol. The molecule has 0 spiro atoms. The van der Waals surface area contributed by atoms with Gasteiger partial charge >= 0.3 is 0 Å². The first kappa shape index (κ1) is 17.8. The van der Waals surface area contributed by atoms with Crippen molar-refractivity contribution in [1.29, 1.82) is 0 Å². The number of H-pyrrole nitrogens is 1. The standard InChI is InChI=1S/C14H20N2O7/c17-5-8(18)9(19)10(20)11(21)12(22)13(23)14-15-6-3-1-2-4-7(6)16-14/h1-4,8-13,17-23H,5H2,(H,15,16)/t8-,9-,10-,11-,12+,13+/m1/s1. The first-order valence-corrected chi connectivity index (χ1v) is 7.00.